The molecule has 0 bridgehead atoms. The number of nitrogens with zero attached hydrogens (tertiary/aromatic N) is 1. The van der Waals surface area contributed by atoms with Crippen LogP contribution in [0.15, 0.2) is 53.1 Å². The van der Waals surface area contributed by atoms with Crippen LogP contribution in [-0.4, -0.2) is 25.3 Å². The van der Waals surface area contributed by atoms with Crippen LogP contribution in [0.25, 0.3) is 11.3 Å². The standard InChI is InChI=1S/C21H22N2O4/c1-4-14-5-8-16(9-6-14)22-21(24)13-17-12-19(27-23-17)15-7-10-18(25-2)20(11-15)26-3/h5-12H,4,13H2,1-3H3,(H,22,24). The Balaban J connectivity index is 1.67. The molecule has 0 aliphatic heterocycles. The summed E-state index contributed by atoms with van der Waals surface area (Å²) >= 11 is 0. The second-order valence-corrected chi connectivity index (χ2v) is 6.03. The maximum atomic E-state index is 12.2. The molecule has 0 saturated heterocycles. The zero-order valence-electron chi connectivity index (χ0n) is 15.6. The molecule has 0 aliphatic carbocycles. The summed E-state index contributed by atoms with van der Waals surface area (Å²) < 4.78 is 15.9. The summed E-state index contributed by atoms with van der Waals surface area (Å²) in [4.78, 5) is 12.2. The van der Waals surface area contributed by atoms with Gasteiger partial charge in [0, 0.05) is 17.3 Å². The highest BCUT2D eigenvalue weighted by atomic mass is 16.5. The van der Waals surface area contributed by atoms with E-state index < -0.39 is 0 Å². The van der Waals surface area contributed by atoms with Crippen LogP contribution in [0, 0.1) is 0 Å². The normalized spacial score (nSPS) is 10.5. The first-order valence-electron chi connectivity index (χ1n) is 8.69. The second-order valence-electron chi connectivity index (χ2n) is 6.03. The molecule has 140 valence electrons. The molecule has 0 spiro atoms. The maximum absolute atomic E-state index is 12.2. The van der Waals surface area contributed by atoms with Crippen LogP contribution in [0.1, 0.15) is 18.2 Å². The first-order valence-corrected chi connectivity index (χ1v) is 8.69. The average Bonchev–Trinajstić information content (AvgIpc) is 3.16. The van der Waals surface area contributed by atoms with Gasteiger partial charge < -0.3 is 19.3 Å². The van der Waals surface area contributed by atoms with E-state index in [0.29, 0.717) is 23.0 Å². The fourth-order valence-corrected chi connectivity index (χ4v) is 2.71. The van der Waals surface area contributed by atoms with Gasteiger partial charge >= 0.3 is 0 Å². The van der Waals surface area contributed by atoms with Crippen molar-refractivity contribution < 1.29 is 18.8 Å². The van der Waals surface area contributed by atoms with Gasteiger partial charge in [0.05, 0.1) is 26.3 Å². The van der Waals surface area contributed by atoms with E-state index in [0.717, 1.165) is 17.7 Å². The molecular weight excluding hydrogens is 344 g/mol. The van der Waals surface area contributed by atoms with Crippen LogP contribution >= 0.6 is 0 Å². The van der Waals surface area contributed by atoms with Gasteiger partial charge in [0.2, 0.25) is 5.91 Å². The molecule has 1 N–H and O–H groups in total. The van der Waals surface area contributed by atoms with E-state index in [9.17, 15) is 4.79 Å². The molecule has 0 aliphatic rings. The van der Waals surface area contributed by atoms with Crippen LogP contribution in [-0.2, 0) is 17.6 Å². The Morgan fingerprint density at radius 1 is 1.04 bits per heavy atom. The molecule has 3 rings (SSSR count). The fraction of sp³-hybridized carbons (Fsp3) is 0.238. The minimum absolute atomic E-state index is 0.131. The minimum Gasteiger partial charge on any atom is -0.493 e. The van der Waals surface area contributed by atoms with Crippen LogP contribution in [0.2, 0.25) is 0 Å². The van der Waals surface area contributed by atoms with Gasteiger partial charge in [0.15, 0.2) is 17.3 Å². The van der Waals surface area contributed by atoms with Crippen LogP contribution in [0.3, 0.4) is 0 Å². The van der Waals surface area contributed by atoms with Gasteiger partial charge in [0.1, 0.15) is 0 Å². The maximum Gasteiger partial charge on any atom is 0.230 e. The van der Waals surface area contributed by atoms with Gasteiger partial charge in [-0.05, 0) is 42.3 Å². The van der Waals surface area contributed by atoms with E-state index >= 15 is 0 Å². The molecule has 0 fully saturated rings. The van der Waals surface area contributed by atoms with Gasteiger partial charge in [-0.25, -0.2) is 0 Å². The number of amides is 1. The Morgan fingerprint density at radius 2 is 1.78 bits per heavy atom. The molecule has 0 radical (unpaired) electrons. The predicted octanol–water partition coefficient (Wildman–Crippen LogP) is 4.10. The molecule has 6 nitrogen and oxygen atoms in total. The van der Waals surface area contributed by atoms with Crippen molar-refractivity contribution in [2.24, 2.45) is 0 Å². The number of carbonyl (C=O) groups is 1. The molecular formula is C21H22N2O4. The topological polar surface area (TPSA) is 73.6 Å². The third kappa shape index (κ3) is 4.47. The number of ether oxygens (including phenoxy) is 2. The first-order chi connectivity index (χ1) is 13.1. The summed E-state index contributed by atoms with van der Waals surface area (Å²) in [5, 5.41) is 6.86. The molecule has 2 aromatic carbocycles. The van der Waals surface area contributed by atoms with Crippen molar-refractivity contribution >= 4 is 11.6 Å². The summed E-state index contributed by atoms with van der Waals surface area (Å²) in [6.07, 6.45) is 1.10. The molecule has 0 saturated carbocycles. The molecule has 3 aromatic rings. The van der Waals surface area contributed by atoms with E-state index in [1.165, 1.54) is 5.56 Å². The summed E-state index contributed by atoms with van der Waals surface area (Å²) in [6.45, 7) is 2.09. The van der Waals surface area contributed by atoms with Gasteiger partial charge in [-0.1, -0.05) is 24.2 Å². The van der Waals surface area contributed by atoms with E-state index in [1.807, 2.05) is 30.3 Å². The number of hydrogen-bond donors (Lipinski definition) is 1. The summed E-state index contributed by atoms with van der Waals surface area (Å²) in [5.74, 6) is 1.65. The number of hydrogen-bond acceptors (Lipinski definition) is 5. The summed E-state index contributed by atoms with van der Waals surface area (Å²) in [6, 6.07) is 15.0. The minimum atomic E-state index is -0.147. The number of methoxy groups -OCH3 is 2. The molecule has 1 heterocycles. The first kappa shape index (κ1) is 18.5. The van der Waals surface area contributed by atoms with Gasteiger partial charge in [-0.2, -0.15) is 0 Å². The lowest BCUT2D eigenvalue weighted by Gasteiger charge is -2.07. The molecule has 1 amide bonds. The smallest absolute Gasteiger partial charge is 0.230 e. The zero-order chi connectivity index (χ0) is 19.2. The number of aryl methyl sites for hydroxylation is 1. The van der Waals surface area contributed by atoms with Crippen molar-refractivity contribution in [3.05, 3.63) is 59.8 Å². The van der Waals surface area contributed by atoms with Crippen molar-refractivity contribution in [3.8, 4) is 22.8 Å². The summed E-state index contributed by atoms with van der Waals surface area (Å²) in [5.41, 5.74) is 3.34. The quantitative estimate of drug-likeness (QED) is 0.681. The molecule has 1 aromatic heterocycles. The van der Waals surface area contributed by atoms with Gasteiger partial charge in [0.25, 0.3) is 0 Å². The highest BCUT2D eigenvalue weighted by molar-refractivity contribution is 5.92. The molecule has 0 unspecified atom stereocenters. The Bertz CT molecular complexity index is 916. The average molecular weight is 366 g/mol. The Morgan fingerprint density at radius 3 is 2.44 bits per heavy atom. The Kier molecular flexibility index (Phi) is 5.76. The number of carbonyl (C=O) groups excluding carboxylic acids is 1. The van der Waals surface area contributed by atoms with Crippen LogP contribution in [0.4, 0.5) is 5.69 Å². The molecule has 0 atom stereocenters. The lowest BCUT2D eigenvalue weighted by atomic mass is 10.1. The van der Waals surface area contributed by atoms with Crippen LogP contribution < -0.4 is 14.8 Å². The Labute approximate surface area is 158 Å². The third-order valence-electron chi connectivity index (χ3n) is 4.21. The highest BCUT2D eigenvalue weighted by Crippen LogP contribution is 2.32. The van der Waals surface area contributed by atoms with Crippen LogP contribution in [0.5, 0.6) is 11.5 Å². The number of rotatable bonds is 7. The van der Waals surface area contributed by atoms with E-state index in [2.05, 4.69) is 17.4 Å². The van der Waals surface area contributed by atoms with Gasteiger partial charge in [-0.3, -0.25) is 4.79 Å². The van der Waals surface area contributed by atoms with Crippen molar-refractivity contribution in [3.63, 3.8) is 0 Å². The number of benzene rings is 2. The lowest BCUT2D eigenvalue weighted by Crippen LogP contribution is -2.14. The SMILES string of the molecule is CCc1ccc(NC(=O)Cc2cc(-c3ccc(OC)c(OC)c3)on2)cc1. The second kappa shape index (κ2) is 8.40. The van der Waals surface area contributed by atoms with Crippen molar-refractivity contribution in [2.45, 2.75) is 19.8 Å². The van der Waals surface area contributed by atoms with Crippen molar-refractivity contribution in [1.82, 2.24) is 5.16 Å². The fourth-order valence-electron chi connectivity index (χ4n) is 2.71. The van der Waals surface area contributed by atoms with E-state index in [4.69, 9.17) is 14.0 Å². The molecule has 27 heavy (non-hydrogen) atoms. The van der Waals surface area contributed by atoms with E-state index in [-0.39, 0.29) is 12.3 Å². The lowest BCUT2D eigenvalue weighted by molar-refractivity contribution is -0.115. The third-order valence-corrected chi connectivity index (χ3v) is 4.21. The van der Waals surface area contributed by atoms with Crippen molar-refractivity contribution in [1.29, 1.82) is 0 Å². The highest BCUT2D eigenvalue weighted by Gasteiger charge is 2.13. The van der Waals surface area contributed by atoms with E-state index in [1.54, 1.807) is 32.4 Å². The van der Waals surface area contributed by atoms with Gasteiger partial charge in [-0.15, -0.1) is 0 Å². The monoisotopic (exact) mass is 366 g/mol. The van der Waals surface area contributed by atoms with Crippen molar-refractivity contribution in [2.75, 3.05) is 19.5 Å². The number of nitrogens with one attached hydrogen (secondary N) is 1. The molecule has 6 heteroatoms. The zero-order valence-corrected chi connectivity index (χ0v) is 15.6. The largest absolute Gasteiger partial charge is 0.493 e. The Hall–Kier alpha value is -3.28. The number of anilines is 1. The summed E-state index contributed by atoms with van der Waals surface area (Å²) in [7, 11) is 3.16. The predicted molar refractivity (Wildman–Crippen MR) is 103 cm³/mol. The number of aromatic nitrogens is 1.